The van der Waals surface area contributed by atoms with Crippen molar-refractivity contribution in [2.75, 3.05) is 10.6 Å². The Balaban J connectivity index is 0.00000300. The van der Waals surface area contributed by atoms with E-state index in [2.05, 4.69) is 10.6 Å². The summed E-state index contributed by atoms with van der Waals surface area (Å²) in [6, 6.07) is 7.49. The predicted octanol–water partition coefficient (Wildman–Crippen LogP) is 3.54. The smallest absolute Gasteiger partial charge is 0.872 e. The van der Waals surface area contributed by atoms with Crippen LogP contribution in [0.25, 0.3) is 10.8 Å². The number of amides is 2. The van der Waals surface area contributed by atoms with Crippen LogP contribution in [0.3, 0.4) is 0 Å². The second-order valence-electron chi connectivity index (χ2n) is 5.69. The van der Waals surface area contributed by atoms with E-state index in [1.54, 1.807) is 0 Å². The first kappa shape index (κ1) is 24.6. The Kier molecular flexibility index (Phi) is 8.14. The van der Waals surface area contributed by atoms with Crippen molar-refractivity contribution < 1.29 is 74.5 Å². The van der Waals surface area contributed by atoms with Crippen LogP contribution in [0.1, 0.15) is 5.56 Å². The Morgan fingerprint density at radius 2 is 1.55 bits per heavy atom. The number of fused-ring (bicyclic) bond motifs is 1. The number of alkyl halides is 3. The number of carbonyl (C=O) groups excluding carboxylic acids is 1. The zero-order valence-electron chi connectivity index (χ0n) is 14.6. The number of rotatable bonds is 2. The van der Waals surface area contributed by atoms with Gasteiger partial charge in [0, 0.05) is 16.5 Å². The van der Waals surface area contributed by atoms with Crippen molar-refractivity contribution in [2.24, 2.45) is 0 Å². The van der Waals surface area contributed by atoms with Crippen LogP contribution in [0.5, 0.6) is 5.75 Å². The zero-order chi connectivity index (χ0) is 20.6. The van der Waals surface area contributed by atoms with Gasteiger partial charge in [0.15, 0.2) is 0 Å². The molecule has 2 N–H and O–H groups in total. The van der Waals surface area contributed by atoms with Crippen LogP contribution < -0.4 is 67.1 Å². The maximum atomic E-state index is 12.9. The minimum Gasteiger partial charge on any atom is -0.872 e. The summed E-state index contributed by atoms with van der Waals surface area (Å²) >= 11 is 17.8. The monoisotopic (exact) mass is 486 g/mol. The van der Waals surface area contributed by atoms with Gasteiger partial charge >= 0.3 is 63.6 Å². The van der Waals surface area contributed by atoms with E-state index in [0.29, 0.717) is 16.8 Å². The molecule has 11 heteroatoms. The number of nitrogens with one attached hydrogen (secondary N) is 2. The van der Waals surface area contributed by atoms with Crippen LogP contribution in [-0.4, -0.2) is 6.03 Å². The quantitative estimate of drug-likeness (QED) is 0.543. The molecule has 0 fully saturated rings. The molecule has 3 aromatic rings. The third kappa shape index (κ3) is 5.71. The number of urea groups is 1. The molecule has 4 nitrogen and oxygen atoms in total. The fraction of sp³-hybridized carbons (Fsp3) is 0.0556. The summed E-state index contributed by atoms with van der Waals surface area (Å²) in [6.07, 6.45) is -4.68. The summed E-state index contributed by atoms with van der Waals surface area (Å²) in [4.78, 5) is 12.3. The van der Waals surface area contributed by atoms with E-state index < -0.39 is 22.8 Å². The van der Waals surface area contributed by atoms with Gasteiger partial charge in [0.1, 0.15) is 0 Å². The van der Waals surface area contributed by atoms with E-state index >= 15 is 0 Å². The Labute approximate surface area is 220 Å². The molecule has 0 aliphatic rings. The number of hydrogen-bond acceptors (Lipinski definition) is 2. The van der Waals surface area contributed by atoms with Crippen molar-refractivity contribution in [3.8, 4) is 5.75 Å². The van der Waals surface area contributed by atoms with Crippen molar-refractivity contribution in [1.82, 2.24) is 0 Å². The van der Waals surface area contributed by atoms with Gasteiger partial charge in [-0.15, -0.1) is 5.75 Å². The molecule has 0 aliphatic carbocycles. The molecule has 0 spiro atoms. The Hall–Kier alpha value is -0.714. The SMILES string of the molecule is O=C(Nc1ccc(Cl)c(C(F)(F)F)c1)Nc1c(Cl)cc(Cl)c2ccc([O-])cc12.[K+]. The number of halogens is 6. The molecule has 0 bridgehead atoms. The van der Waals surface area contributed by atoms with Crippen molar-refractivity contribution >= 4 is 63.0 Å². The molecule has 0 atom stereocenters. The molecular weight excluding hydrogens is 479 g/mol. The molecule has 0 aliphatic heterocycles. The topological polar surface area (TPSA) is 64.2 Å². The largest absolute Gasteiger partial charge is 1.00 e. The Morgan fingerprint density at radius 3 is 2.21 bits per heavy atom. The second kappa shape index (κ2) is 9.61. The van der Waals surface area contributed by atoms with Gasteiger partial charge in [-0.05, 0) is 24.3 Å². The third-order valence-electron chi connectivity index (χ3n) is 3.78. The van der Waals surface area contributed by atoms with Crippen LogP contribution in [0.2, 0.25) is 15.1 Å². The van der Waals surface area contributed by atoms with Gasteiger partial charge in [0.25, 0.3) is 0 Å². The number of carbonyl (C=O) groups is 1. The van der Waals surface area contributed by atoms with Gasteiger partial charge in [0.2, 0.25) is 0 Å². The summed E-state index contributed by atoms with van der Waals surface area (Å²) in [5.74, 6) is -0.332. The second-order valence-corrected chi connectivity index (χ2v) is 6.92. The molecule has 2 amide bonds. The van der Waals surface area contributed by atoms with Gasteiger partial charge in [-0.1, -0.05) is 53.0 Å². The molecule has 0 heterocycles. The maximum Gasteiger partial charge on any atom is 1.00 e. The predicted molar refractivity (Wildman–Crippen MR) is 103 cm³/mol. The number of benzene rings is 3. The van der Waals surface area contributed by atoms with Gasteiger partial charge in [-0.3, -0.25) is 0 Å². The Bertz CT molecular complexity index is 1090. The van der Waals surface area contributed by atoms with E-state index in [4.69, 9.17) is 34.8 Å². The van der Waals surface area contributed by atoms with E-state index in [1.165, 1.54) is 30.3 Å². The van der Waals surface area contributed by atoms with E-state index in [1.807, 2.05) is 0 Å². The van der Waals surface area contributed by atoms with Crippen LogP contribution in [0.4, 0.5) is 29.3 Å². The van der Waals surface area contributed by atoms with E-state index in [-0.39, 0.29) is 78.6 Å². The zero-order valence-corrected chi connectivity index (χ0v) is 20.0. The first-order valence-electron chi connectivity index (χ1n) is 7.60. The van der Waals surface area contributed by atoms with Gasteiger partial charge < -0.3 is 15.7 Å². The van der Waals surface area contributed by atoms with E-state index in [9.17, 15) is 23.1 Å². The third-order valence-corrected chi connectivity index (χ3v) is 4.72. The van der Waals surface area contributed by atoms with Crippen LogP contribution in [0, 0.1) is 0 Å². The van der Waals surface area contributed by atoms with Crippen LogP contribution in [0.15, 0.2) is 42.5 Å². The van der Waals surface area contributed by atoms with Crippen molar-refractivity contribution in [1.29, 1.82) is 0 Å². The first-order valence-corrected chi connectivity index (χ1v) is 8.73. The van der Waals surface area contributed by atoms with Gasteiger partial charge in [-0.25, -0.2) is 4.79 Å². The van der Waals surface area contributed by atoms with Crippen molar-refractivity contribution in [2.45, 2.75) is 6.18 Å². The Morgan fingerprint density at radius 1 is 0.862 bits per heavy atom. The van der Waals surface area contributed by atoms with Crippen LogP contribution >= 0.6 is 34.8 Å². The molecule has 0 unspecified atom stereocenters. The molecule has 146 valence electrons. The normalized spacial score (nSPS) is 11.1. The summed E-state index contributed by atoms with van der Waals surface area (Å²) in [7, 11) is 0. The molecule has 3 aromatic carbocycles. The number of hydrogen-bond donors (Lipinski definition) is 2. The summed E-state index contributed by atoms with van der Waals surface area (Å²) < 4.78 is 38.8. The number of anilines is 2. The molecular formula is C18H9Cl3F3KN2O2. The minimum atomic E-state index is -4.68. The maximum absolute atomic E-state index is 12.9. The van der Waals surface area contributed by atoms with Gasteiger partial charge in [0.05, 0.1) is 26.3 Å². The fourth-order valence-corrected chi connectivity index (χ4v) is 3.36. The average Bonchev–Trinajstić information content (AvgIpc) is 2.59. The fourth-order valence-electron chi connectivity index (χ4n) is 2.55. The molecule has 0 radical (unpaired) electrons. The average molecular weight is 488 g/mol. The molecule has 3 rings (SSSR count). The first-order chi connectivity index (χ1) is 13.1. The minimum absolute atomic E-state index is 0. The molecule has 0 saturated carbocycles. The molecule has 0 saturated heterocycles. The molecule has 0 aromatic heterocycles. The summed E-state index contributed by atoms with van der Waals surface area (Å²) in [5.41, 5.74) is -1.12. The summed E-state index contributed by atoms with van der Waals surface area (Å²) in [6.45, 7) is 0. The standard InChI is InChI=1S/C18H10Cl3F3N2O2.K/c19-13-4-1-8(5-12(13)18(22,23)24)25-17(28)26-16-11-6-9(27)2-3-10(11)14(20)7-15(16)21;/h1-7,27H,(H2,25,26,28);/q;+1/p-1. The van der Waals surface area contributed by atoms with E-state index in [0.717, 1.165) is 6.07 Å². The van der Waals surface area contributed by atoms with Crippen molar-refractivity contribution in [3.63, 3.8) is 0 Å². The van der Waals surface area contributed by atoms with Crippen molar-refractivity contribution in [3.05, 3.63) is 63.1 Å². The molecule has 29 heavy (non-hydrogen) atoms. The van der Waals surface area contributed by atoms with Gasteiger partial charge in [-0.2, -0.15) is 13.2 Å². The van der Waals surface area contributed by atoms with Crippen LogP contribution in [-0.2, 0) is 6.18 Å². The summed E-state index contributed by atoms with van der Waals surface area (Å²) in [5, 5.41) is 17.0.